The molecule has 0 bridgehead atoms. The van der Waals surface area contributed by atoms with Crippen molar-refractivity contribution in [2.24, 2.45) is 8.73 Å². The van der Waals surface area contributed by atoms with Gasteiger partial charge in [-0.25, -0.2) is 0 Å². The minimum atomic E-state index is -0.411. The number of rotatable bonds is 4. The molecule has 3 rings (SSSR count). The van der Waals surface area contributed by atoms with E-state index in [1.165, 1.54) is 6.07 Å². The average Bonchev–Trinajstić information content (AvgIpc) is 3.06. The summed E-state index contributed by atoms with van der Waals surface area (Å²) in [5, 5.41) is 14.8. The normalized spacial score (nSPS) is 12.1. The fourth-order valence-electron chi connectivity index (χ4n) is 1.78. The number of thiophene rings is 1. The Bertz CT molecular complexity index is 815. The van der Waals surface area contributed by atoms with Crippen molar-refractivity contribution in [1.29, 1.82) is 0 Å². The first kappa shape index (κ1) is 14.5. The predicted molar refractivity (Wildman–Crippen MR) is 86.3 cm³/mol. The van der Waals surface area contributed by atoms with E-state index < -0.39 is 4.92 Å². The Balaban J connectivity index is 1.84. The van der Waals surface area contributed by atoms with E-state index in [4.69, 9.17) is 23.2 Å². The van der Waals surface area contributed by atoms with E-state index in [1.54, 1.807) is 12.1 Å². The Hall–Kier alpha value is -1.48. The molecule has 0 radical (unpaired) electrons. The third kappa shape index (κ3) is 2.80. The van der Waals surface area contributed by atoms with Crippen LogP contribution in [0.5, 0.6) is 0 Å². The maximum absolute atomic E-state index is 10.7. The molecule has 108 valence electrons. The SMILES string of the molecule is O=[N+]([O-])c1ccc(CNc2c(Cl)cc(Cl)c3c2N=S=N3)s1. The van der Waals surface area contributed by atoms with Gasteiger partial charge in [-0.05, 0) is 12.1 Å². The van der Waals surface area contributed by atoms with Crippen LogP contribution in [0.2, 0.25) is 10.0 Å². The fraction of sp³-hybridized carbons (Fsp3) is 0.0909. The van der Waals surface area contributed by atoms with Gasteiger partial charge in [0, 0.05) is 17.5 Å². The highest BCUT2D eigenvalue weighted by molar-refractivity contribution is 7.58. The minimum Gasteiger partial charge on any atom is -0.377 e. The second-order valence-corrected chi connectivity index (χ2v) is 6.52. The molecule has 21 heavy (non-hydrogen) atoms. The molecule has 6 nitrogen and oxygen atoms in total. The van der Waals surface area contributed by atoms with Gasteiger partial charge in [0.25, 0.3) is 0 Å². The molecule has 1 aliphatic heterocycles. The van der Waals surface area contributed by atoms with Crippen LogP contribution in [0, 0.1) is 10.1 Å². The lowest BCUT2D eigenvalue weighted by molar-refractivity contribution is -0.380. The van der Waals surface area contributed by atoms with Crippen molar-refractivity contribution in [3.63, 3.8) is 0 Å². The Morgan fingerprint density at radius 3 is 2.71 bits per heavy atom. The zero-order valence-corrected chi connectivity index (χ0v) is 13.3. The highest BCUT2D eigenvalue weighted by Gasteiger charge is 2.19. The summed E-state index contributed by atoms with van der Waals surface area (Å²) in [6.45, 7) is 0.409. The Labute approximate surface area is 136 Å². The number of nitrogens with one attached hydrogen (secondary N) is 1. The number of halogens is 2. The monoisotopic (exact) mass is 360 g/mol. The van der Waals surface area contributed by atoms with Crippen LogP contribution >= 0.6 is 34.5 Å². The van der Waals surface area contributed by atoms with Crippen molar-refractivity contribution in [2.45, 2.75) is 6.54 Å². The third-order valence-corrected chi connectivity index (χ3v) is 4.86. The van der Waals surface area contributed by atoms with Crippen molar-refractivity contribution in [3.05, 3.63) is 43.2 Å². The number of benzene rings is 1. The minimum absolute atomic E-state index is 0.106. The Morgan fingerprint density at radius 2 is 2.00 bits per heavy atom. The summed E-state index contributed by atoms with van der Waals surface area (Å²) in [4.78, 5) is 11.1. The lowest BCUT2D eigenvalue weighted by Crippen LogP contribution is -1.98. The molecule has 1 N–H and O–H groups in total. The number of hydrogen-bond donors (Lipinski definition) is 1. The van der Waals surface area contributed by atoms with Gasteiger partial charge in [-0.2, -0.15) is 8.73 Å². The van der Waals surface area contributed by atoms with Gasteiger partial charge in [0.05, 0.1) is 32.0 Å². The highest BCUT2D eigenvalue weighted by Crippen LogP contribution is 2.47. The predicted octanol–water partition coefficient (Wildman–Crippen LogP) is 5.30. The van der Waals surface area contributed by atoms with Gasteiger partial charge in [0.1, 0.15) is 11.4 Å². The maximum Gasteiger partial charge on any atom is 0.324 e. The fourth-order valence-corrected chi connectivity index (χ4v) is 3.72. The molecule has 0 spiro atoms. The van der Waals surface area contributed by atoms with E-state index in [1.807, 2.05) is 0 Å². The van der Waals surface area contributed by atoms with Gasteiger partial charge in [-0.15, -0.1) is 0 Å². The molecule has 0 saturated heterocycles. The second kappa shape index (κ2) is 5.72. The van der Waals surface area contributed by atoms with E-state index >= 15 is 0 Å². The Morgan fingerprint density at radius 1 is 1.24 bits per heavy atom. The van der Waals surface area contributed by atoms with Crippen LogP contribution in [-0.4, -0.2) is 4.92 Å². The van der Waals surface area contributed by atoms with Crippen LogP contribution in [0.3, 0.4) is 0 Å². The number of hydrogen-bond acceptors (Lipinski definition) is 6. The molecule has 2 aromatic rings. The molecule has 1 aromatic carbocycles. The van der Waals surface area contributed by atoms with Crippen LogP contribution in [0.15, 0.2) is 26.9 Å². The first-order chi connectivity index (χ1) is 10.1. The van der Waals surface area contributed by atoms with Crippen molar-refractivity contribution >= 4 is 68.0 Å². The molecular weight excluding hydrogens is 355 g/mol. The largest absolute Gasteiger partial charge is 0.377 e. The zero-order valence-electron chi connectivity index (χ0n) is 10.2. The molecule has 2 heterocycles. The number of nitrogens with zero attached hydrogens (tertiary/aromatic N) is 3. The van der Waals surface area contributed by atoms with E-state index in [-0.39, 0.29) is 5.00 Å². The number of anilines is 1. The molecule has 10 heteroatoms. The third-order valence-electron chi connectivity index (χ3n) is 2.71. The summed E-state index contributed by atoms with van der Waals surface area (Å²) in [6.07, 6.45) is 0. The van der Waals surface area contributed by atoms with Gasteiger partial charge in [-0.1, -0.05) is 34.5 Å². The van der Waals surface area contributed by atoms with E-state index in [2.05, 4.69) is 14.0 Å². The van der Waals surface area contributed by atoms with E-state index in [0.717, 1.165) is 27.6 Å². The van der Waals surface area contributed by atoms with Crippen LogP contribution in [0.25, 0.3) is 0 Å². The van der Waals surface area contributed by atoms with Crippen molar-refractivity contribution < 1.29 is 4.92 Å². The summed E-state index contributed by atoms with van der Waals surface area (Å²) in [7, 11) is 0. The Kier molecular flexibility index (Phi) is 3.94. The van der Waals surface area contributed by atoms with Gasteiger partial charge in [-0.3, -0.25) is 10.1 Å². The molecule has 0 amide bonds. The van der Waals surface area contributed by atoms with Crippen LogP contribution in [0.1, 0.15) is 4.88 Å². The van der Waals surface area contributed by atoms with Gasteiger partial charge < -0.3 is 5.32 Å². The standard InChI is InChI=1S/C11H6Cl2N4O2S2/c12-6-3-7(13)10-11(16-21-15-10)9(6)14-4-5-1-2-8(20-5)17(18)19/h1-3,14H,4H2. The van der Waals surface area contributed by atoms with Crippen LogP contribution in [0.4, 0.5) is 22.1 Å². The maximum atomic E-state index is 10.7. The highest BCUT2D eigenvalue weighted by atomic mass is 35.5. The molecule has 0 atom stereocenters. The van der Waals surface area contributed by atoms with Crippen LogP contribution in [-0.2, 0) is 17.9 Å². The average molecular weight is 361 g/mol. The van der Waals surface area contributed by atoms with Gasteiger partial charge in [0.2, 0.25) is 0 Å². The molecule has 1 aromatic heterocycles. The second-order valence-electron chi connectivity index (χ2n) is 4.03. The summed E-state index contributed by atoms with van der Waals surface area (Å²) in [5.41, 5.74) is 1.81. The van der Waals surface area contributed by atoms with Gasteiger partial charge >= 0.3 is 5.00 Å². The first-order valence-corrected chi connectivity index (χ1v) is 7.94. The quantitative estimate of drug-likeness (QED) is 0.506. The van der Waals surface area contributed by atoms with E-state index in [0.29, 0.717) is 33.7 Å². The molecule has 0 saturated carbocycles. The van der Waals surface area contributed by atoms with Crippen molar-refractivity contribution in [1.82, 2.24) is 0 Å². The molecule has 1 aliphatic rings. The first-order valence-electron chi connectivity index (χ1n) is 5.63. The zero-order chi connectivity index (χ0) is 15.0. The molecule has 0 aliphatic carbocycles. The summed E-state index contributed by atoms with van der Waals surface area (Å²) < 4.78 is 8.30. The van der Waals surface area contributed by atoms with Crippen molar-refractivity contribution in [2.75, 3.05) is 5.32 Å². The lowest BCUT2D eigenvalue weighted by Gasteiger charge is -2.11. The summed E-state index contributed by atoms with van der Waals surface area (Å²) in [6, 6.07) is 4.79. The lowest BCUT2D eigenvalue weighted by atomic mass is 10.2. The smallest absolute Gasteiger partial charge is 0.324 e. The molecular formula is C11H6Cl2N4O2S2. The molecule has 0 unspecified atom stereocenters. The number of fused-ring (bicyclic) bond motifs is 1. The number of nitro groups is 1. The topological polar surface area (TPSA) is 79.9 Å². The van der Waals surface area contributed by atoms with Gasteiger partial charge in [0.15, 0.2) is 0 Å². The summed E-state index contributed by atoms with van der Waals surface area (Å²) in [5.74, 6) is 0. The molecule has 0 fully saturated rings. The van der Waals surface area contributed by atoms with E-state index in [9.17, 15) is 10.1 Å². The van der Waals surface area contributed by atoms with Crippen LogP contribution < -0.4 is 5.32 Å². The van der Waals surface area contributed by atoms with Crippen molar-refractivity contribution in [3.8, 4) is 0 Å². The summed E-state index contributed by atoms with van der Waals surface area (Å²) >= 11 is 14.4.